The Morgan fingerprint density at radius 2 is 1.91 bits per heavy atom. The summed E-state index contributed by atoms with van der Waals surface area (Å²) in [4.78, 5) is 12.2. The molecule has 8 nitrogen and oxygen atoms in total. The molecule has 1 heterocycles. The Kier molecular flexibility index (Phi) is 5.12. The molecular formula is C14H19N5O3S. The van der Waals surface area contributed by atoms with Crippen molar-refractivity contribution in [3.05, 3.63) is 46.8 Å². The van der Waals surface area contributed by atoms with E-state index in [2.05, 4.69) is 20.4 Å². The van der Waals surface area contributed by atoms with E-state index in [0.717, 1.165) is 17.4 Å². The van der Waals surface area contributed by atoms with E-state index in [4.69, 9.17) is 0 Å². The highest BCUT2D eigenvalue weighted by Crippen LogP contribution is 2.07. The molecule has 1 aromatic heterocycles. The van der Waals surface area contributed by atoms with Gasteiger partial charge in [0.15, 0.2) is 0 Å². The number of hydrogen-bond donors (Lipinski definition) is 2. The second kappa shape index (κ2) is 6.88. The molecule has 0 aliphatic rings. The zero-order valence-electron chi connectivity index (χ0n) is 13.2. The molecule has 9 heteroatoms. The van der Waals surface area contributed by atoms with Crippen molar-refractivity contribution in [3.63, 3.8) is 0 Å². The van der Waals surface area contributed by atoms with Gasteiger partial charge in [0.05, 0.1) is 11.9 Å². The molecule has 0 aliphatic heterocycles. The monoisotopic (exact) mass is 337 g/mol. The maximum absolute atomic E-state index is 12.2. The van der Waals surface area contributed by atoms with Crippen LogP contribution in [0.25, 0.3) is 0 Å². The van der Waals surface area contributed by atoms with E-state index in [1.807, 2.05) is 24.3 Å². The first-order chi connectivity index (χ1) is 10.8. The average Bonchev–Trinajstić information content (AvgIpc) is 2.82. The van der Waals surface area contributed by atoms with Crippen molar-refractivity contribution in [1.29, 1.82) is 0 Å². The van der Waals surface area contributed by atoms with Gasteiger partial charge in [-0.25, -0.2) is 17.8 Å². The normalized spacial score (nSPS) is 11.4. The van der Waals surface area contributed by atoms with Crippen LogP contribution in [0.4, 0.5) is 0 Å². The Morgan fingerprint density at radius 3 is 2.48 bits per heavy atom. The van der Waals surface area contributed by atoms with Crippen LogP contribution >= 0.6 is 0 Å². The number of carbonyl (C=O) groups excluding carboxylic acids is 1. The molecule has 0 saturated carbocycles. The van der Waals surface area contributed by atoms with Crippen LogP contribution in [0.15, 0.2) is 24.3 Å². The number of carbonyl (C=O) groups is 1. The van der Waals surface area contributed by atoms with Crippen LogP contribution < -0.4 is 10.0 Å². The summed E-state index contributed by atoms with van der Waals surface area (Å²) in [5.74, 6) is -0.255. The van der Waals surface area contributed by atoms with Gasteiger partial charge in [-0.3, -0.25) is 4.79 Å². The summed E-state index contributed by atoms with van der Waals surface area (Å²) in [5, 5.41) is 10.4. The second-order valence-corrected chi connectivity index (χ2v) is 7.08. The van der Waals surface area contributed by atoms with Crippen molar-refractivity contribution in [2.75, 3.05) is 6.26 Å². The fourth-order valence-corrected chi connectivity index (χ4v) is 2.53. The number of aryl methyl sites for hydroxylation is 2. The molecule has 0 spiro atoms. The molecule has 0 bridgehead atoms. The van der Waals surface area contributed by atoms with E-state index >= 15 is 0 Å². The Bertz CT molecular complexity index is 794. The summed E-state index contributed by atoms with van der Waals surface area (Å²) >= 11 is 0. The number of amides is 1. The minimum absolute atomic E-state index is 0.214. The predicted octanol–water partition coefficient (Wildman–Crippen LogP) is 0.103. The quantitative estimate of drug-likeness (QED) is 0.778. The molecule has 2 aromatic rings. The zero-order chi connectivity index (χ0) is 17.0. The SMILES string of the molecule is Cc1nnn(C)c1C(=O)NCc1cccc(CNS(C)(=O)=O)c1. The molecule has 0 fully saturated rings. The first-order valence-electron chi connectivity index (χ1n) is 6.93. The van der Waals surface area contributed by atoms with Gasteiger partial charge in [-0.2, -0.15) is 0 Å². The van der Waals surface area contributed by atoms with Gasteiger partial charge >= 0.3 is 0 Å². The smallest absolute Gasteiger partial charge is 0.271 e. The van der Waals surface area contributed by atoms with E-state index in [1.165, 1.54) is 4.68 Å². The number of sulfonamides is 1. The minimum Gasteiger partial charge on any atom is -0.347 e. The zero-order valence-corrected chi connectivity index (χ0v) is 14.0. The highest BCUT2D eigenvalue weighted by molar-refractivity contribution is 7.88. The van der Waals surface area contributed by atoms with Crippen LogP contribution in [0.3, 0.4) is 0 Å². The van der Waals surface area contributed by atoms with Gasteiger partial charge in [0.25, 0.3) is 5.91 Å². The third-order valence-corrected chi connectivity index (χ3v) is 3.86. The Labute approximate surface area is 134 Å². The summed E-state index contributed by atoms with van der Waals surface area (Å²) in [6.07, 6.45) is 1.11. The van der Waals surface area contributed by atoms with Gasteiger partial charge in [0, 0.05) is 20.1 Å². The summed E-state index contributed by atoms with van der Waals surface area (Å²) in [6, 6.07) is 7.34. The first kappa shape index (κ1) is 17.1. The lowest BCUT2D eigenvalue weighted by Crippen LogP contribution is -2.26. The first-order valence-corrected chi connectivity index (χ1v) is 8.82. The molecule has 0 aliphatic carbocycles. The third-order valence-electron chi connectivity index (χ3n) is 3.19. The molecule has 2 rings (SSSR count). The lowest BCUT2D eigenvalue weighted by atomic mass is 10.1. The predicted molar refractivity (Wildman–Crippen MR) is 85.0 cm³/mol. The molecule has 1 aromatic carbocycles. The summed E-state index contributed by atoms with van der Waals surface area (Å²) in [7, 11) is -1.58. The van der Waals surface area contributed by atoms with Crippen molar-refractivity contribution in [2.24, 2.45) is 7.05 Å². The lowest BCUT2D eigenvalue weighted by molar-refractivity contribution is 0.0941. The second-order valence-electron chi connectivity index (χ2n) is 5.24. The van der Waals surface area contributed by atoms with E-state index in [1.54, 1.807) is 14.0 Å². The van der Waals surface area contributed by atoms with Gasteiger partial charge < -0.3 is 5.32 Å². The lowest BCUT2D eigenvalue weighted by Gasteiger charge is -2.08. The highest BCUT2D eigenvalue weighted by Gasteiger charge is 2.15. The fourth-order valence-electron chi connectivity index (χ4n) is 2.10. The molecule has 2 N–H and O–H groups in total. The van der Waals surface area contributed by atoms with Crippen LogP contribution in [-0.2, 0) is 30.2 Å². The molecular weight excluding hydrogens is 318 g/mol. The molecule has 1 amide bonds. The van der Waals surface area contributed by atoms with Crippen molar-refractivity contribution in [3.8, 4) is 0 Å². The van der Waals surface area contributed by atoms with E-state index in [0.29, 0.717) is 17.9 Å². The van der Waals surface area contributed by atoms with Gasteiger partial charge in [-0.1, -0.05) is 29.5 Å². The molecule has 0 radical (unpaired) electrons. The highest BCUT2D eigenvalue weighted by atomic mass is 32.2. The Morgan fingerprint density at radius 1 is 1.26 bits per heavy atom. The maximum atomic E-state index is 12.2. The van der Waals surface area contributed by atoms with Crippen molar-refractivity contribution in [2.45, 2.75) is 20.0 Å². The molecule has 23 heavy (non-hydrogen) atoms. The average molecular weight is 337 g/mol. The largest absolute Gasteiger partial charge is 0.347 e. The van der Waals surface area contributed by atoms with E-state index in [-0.39, 0.29) is 12.5 Å². The number of rotatable bonds is 6. The molecule has 0 saturated heterocycles. The summed E-state index contributed by atoms with van der Waals surface area (Å²) < 4.78 is 26.1. The topological polar surface area (TPSA) is 106 Å². The number of nitrogens with zero attached hydrogens (tertiary/aromatic N) is 3. The van der Waals surface area contributed by atoms with Crippen LogP contribution in [0, 0.1) is 6.92 Å². The van der Waals surface area contributed by atoms with Gasteiger partial charge in [0.1, 0.15) is 5.69 Å². The van der Waals surface area contributed by atoms with Crippen LogP contribution in [0.2, 0.25) is 0 Å². The number of hydrogen-bond acceptors (Lipinski definition) is 5. The van der Waals surface area contributed by atoms with Crippen LogP contribution in [-0.4, -0.2) is 35.6 Å². The molecule has 124 valence electrons. The van der Waals surface area contributed by atoms with Gasteiger partial charge in [-0.15, -0.1) is 5.10 Å². The number of aromatic nitrogens is 3. The third kappa shape index (κ3) is 4.86. The Balaban J connectivity index is 2.00. The molecule has 0 atom stereocenters. The van der Waals surface area contributed by atoms with Crippen molar-refractivity contribution < 1.29 is 13.2 Å². The van der Waals surface area contributed by atoms with Gasteiger partial charge in [-0.05, 0) is 18.1 Å². The van der Waals surface area contributed by atoms with Gasteiger partial charge in [0.2, 0.25) is 10.0 Å². The van der Waals surface area contributed by atoms with E-state index in [9.17, 15) is 13.2 Å². The number of nitrogens with one attached hydrogen (secondary N) is 2. The van der Waals surface area contributed by atoms with Crippen LogP contribution in [0.1, 0.15) is 27.3 Å². The van der Waals surface area contributed by atoms with E-state index < -0.39 is 10.0 Å². The number of benzene rings is 1. The standard InChI is InChI=1S/C14H19N5O3S/c1-10-13(19(2)18-17-10)14(20)15-8-11-5-4-6-12(7-11)9-16-23(3,21)22/h4-7,16H,8-9H2,1-3H3,(H,15,20). The van der Waals surface area contributed by atoms with Crippen molar-refractivity contribution >= 4 is 15.9 Å². The molecule has 0 unspecified atom stereocenters. The fraction of sp³-hybridized carbons (Fsp3) is 0.357. The minimum atomic E-state index is -3.24. The Hall–Kier alpha value is -2.26. The maximum Gasteiger partial charge on any atom is 0.271 e. The summed E-state index contributed by atoms with van der Waals surface area (Å²) in [6.45, 7) is 2.26. The van der Waals surface area contributed by atoms with Crippen LogP contribution in [0.5, 0.6) is 0 Å². The van der Waals surface area contributed by atoms with Crippen molar-refractivity contribution in [1.82, 2.24) is 25.0 Å². The summed E-state index contributed by atoms with van der Waals surface area (Å²) in [5.41, 5.74) is 2.68.